The van der Waals surface area contributed by atoms with Crippen molar-refractivity contribution in [1.29, 1.82) is 5.26 Å². The molecule has 1 aliphatic rings. The quantitative estimate of drug-likeness (QED) is 0.839. The van der Waals surface area contributed by atoms with Crippen molar-refractivity contribution in [1.82, 2.24) is 5.32 Å². The number of nitrogens with zero attached hydrogens (tertiary/aromatic N) is 1. The molecule has 0 saturated carbocycles. The Balaban J connectivity index is 1.88. The Morgan fingerprint density at radius 3 is 2.79 bits per heavy atom. The fraction of sp³-hybridized carbons (Fsp3) is 0.375. The monoisotopic (exact) mass is 254 g/mol. The number of hydrogen-bond donors (Lipinski definition) is 1. The molecule has 2 atom stereocenters. The Morgan fingerprint density at radius 1 is 1.47 bits per heavy atom. The third kappa shape index (κ3) is 3.69. The molecular formula is C16H18N2O. The van der Waals surface area contributed by atoms with Gasteiger partial charge in [-0.05, 0) is 43.4 Å². The number of carbonyl (C=O) groups excluding carboxylic acids is 1. The maximum Gasteiger partial charge on any atom is 0.221 e. The predicted molar refractivity (Wildman–Crippen MR) is 74.2 cm³/mol. The largest absolute Gasteiger partial charge is 0.350 e. The normalized spacial score (nSPS) is 18.8. The maximum atomic E-state index is 11.9. The average Bonchev–Trinajstić information content (AvgIpc) is 2.91. The summed E-state index contributed by atoms with van der Waals surface area (Å²) in [5.74, 6) is 0.488. The van der Waals surface area contributed by atoms with Crippen molar-refractivity contribution in [3.05, 3.63) is 47.5 Å². The van der Waals surface area contributed by atoms with Crippen LogP contribution in [0.2, 0.25) is 0 Å². The number of benzene rings is 1. The van der Waals surface area contributed by atoms with Crippen molar-refractivity contribution < 1.29 is 4.79 Å². The second-order valence-electron chi connectivity index (χ2n) is 4.99. The van der Waals surface area contributed by atoms with Gasteiger partial charge >= 0.3 is 0 Å². The first-order valence-electron chi connectivity index (χ1n) is 6.65. The average molecular weight is 254 g/mol. The number of carbonyl (C=O) groups is 1. The van der Waals surface area contributed by atoms with Crippen LogP contribution in [0.3, 0.4) is 0 Å². The van der Waals surface area contributed by atoms with Crippen LogP contribution >= 0.6 is 0 Å². The molecule has 0 saturated heterocycles. The van der Waals surface area contributed by atoms with E-state index in [1.807, 2.05) is 19.1 Å². The number of allylic oxidation sites excluding steroid dienone is 2. The van der Waals surface area contributed by atoms with E-state index in [0.29, 0.717) is 17.9 Å². The minimum atomic E-state index is -0.0226. The molecule has 0 heterocycles. The lowest BCUT2D eigenvalue weighted by atomic mass is 10.0. The minimum Gasteiger partial charge on any atom is -0.350 e. The summed E-state index contributed by atoms with van der Waals surface area (Å²) >= 11 is 0. The topological polar surface area (TPSA) is 52.9 Å². The van der Waals surface area contributed by atoms with Gasteiger partial charge in [-0.2, -0.15) is 5.26 Å². The van der Waals surface area contributed by atoms with Gasteiger partial charge in [-0.25, -0.2) is 0 Å². The molecule has 2 rings (SSSR count). The molecule has 0 spiro atoms. The molecule has 0 aromatic heterocycles. The molecular weight excluding hydrogens is 236 g/mol. The third-order valence-corrected chi connectivity index (χ3v) is 3.48. The lowest BCUT2D eigenvalue weighted by molar-refractivity contribution is -0.122. The molecule has 2 unspecified atom stereocenters. The van der Waals surface area contributed by atoms with Crippen LogP contribution in [-0.2, 0) is 4.79 Å². The van der Waals surface area contributed by atoms with Crippen molar-refractivity contribution >= 4 is 5.91 Å². The van der Waals surface area contributed by atoms with Crippen LogP contribution in [0.5, 0.6) is 0 Å². The zero-order valence-corrected chi connectivity index (χ0v) is 11.1. The van der Waals surface area contributed by atoms with Crippen LogP contribution in [-0.4, -0.2) is 5.91 Å². The highest BCUT2D eigenvalue weighted by Gasteiger charge is 2.16. The molecule has 1 aromatic carbocycles. The lowest BCUT2D eigenvalue weighted by Gasteiger charge is -2.15. The number of nitrogens with one attached hydrogen (secondary N) is 1. The highest BCUT2D eigenvalue weighted by Crippen LogP contribution is 2.21. The van der Waals surface area contributed by atoms with Gasteiger partial charge in [-0.3, -0.25) is 4.79 Å². The number of hydrogen-bond acceptors (Lipinski definition) is 2. The Labute approximate surface area is 113 Å². The summed E-state index contributed by atoms with van der Waals surface area (Å²) < 4.78 is 0. The van der Waals surface area contributed by atoms with Gasteiger partial charge in [0, 0.05) is 6.42 Å². The zero-order chi connectivity index (χ0) is 13.7. The minimum absolute atomic E-state index is 0.0226. The number of amides is 1. The molecule has 1 aliphatic carbocycles. The smallest absolute Gasteiger partial charge is 0.221 e. The second kappa shape index (κ2) is 6.19. The molecule has 1 amide bonds. The molecule has 98 valence electrons. The highest BCUT2D eigenvalue weighted by atomic mass is 16.1. The summed E-state index contributed by atoms with van der Waals surface area (Å²) in [6, 6.07) is 9.39. The van der Waals surface area contributed by atoms with Crippen LogP contribution in [0.25, 0.3) is 0 Å². The molecule has 3 heteroatoms. The van der Waals surface area contributed by atoms with Crippen molar-refractivity contribution in [3.8, 4) is 6.07 Å². The van der Waals surface area contributed by atoms with Gasteiger partial charge in [0.15, 0.2) is 0 Å². The Morgan fingerprint density at radius 2 is 2.21 bits per heavy atom. The van der Waals surface area contributed by atoms with E-state index in [2.05, 4.69) is 23.5 Å². The molecule has 1 aromatic rings. The van der Waals surface area contributed by atoms with E-state index in [-0.39, 0.29) is 11.9 Å². The molecule has 3 nitrogen and oxygen atoms in total. The van der Waals surface area contributed by atoms with Crippen molar-refractivity contribution in [2.24, 2.45) is 5.92 Å². The first-order valence-corrected chi connectivity index (χ1v) is 6.65. The molecule has 0 bridgehead atoms. The zero-order valence-electron chi connectivity index (χ0n) is 11.1. The standard InChI is InChI=1S/C16H18N2O/c1-12(15-8-6-14(11-17)7-9-15)18-16(19)10-13-4-2-3-5-13/h2,4,6-9,12-13H,3,5,10H2,1H3,(H,18,19). The summed E-state index contributed by atoms with van der Waals surface area (Å²) in [5.41, 5.74) is 1.66. The van der Waals surface area contributed by atoms with Gasteiger partial charge in [0.2, 0.25) is 5.91 Å². The van der Waals surface area contributed by atoms with Gasteiger partial charge < -0.3 is 5.32 Å². The summed E-state index contributed by atoms with van der Waals surface area (Å²) in [6.07, 6.45) is 7.01. The van der Waals surface area contributed by atoms with Crippen LogP contribution < -0.4 is 5.32 Å². The highest BCUT2D eigenvalue weighted by molar-refractivity contribution is 5.77. The van der Waals surface area contributed by atoms with Crippen molar-refractivity contribution in [3.63, 3.8) is 0 Å². The van der Waals surface area contributed by atoms with Crippen LogP contribution in [0, 0.1) is 17.2 Å². The molecule has 0 radical (unpaired) electrons. The fourth-order valence-electron chi connectivity index (χ4n) is 2.33. The molecule has 0 aliphatic heterocycles. The number of rotatable bonds is 4. The second-order valence-corrected chi connectivity index (χ2v) is 4.99. The van der Waals surface area contributed by atoms with Gasteiger partial charge in [0.25, 0.3) is 0 Å². The van der Waals surface area contributed by atoms with E-state index in [1.165, 1.54) is 0 Å². The van der Waals surface area contributed by atoms with Gasteiger partial charge in [-0.15, -0.1) is 0 Å². The van der Waals surface area contributed by atoms with Crippen LogP contribution in [0.4, 0.5) is 0 Å². The van der Waals surface area contributed by atoms with E-state index < -0.39 is 0 Å². The fourth-order valence-corrected chi connectivity index (χ4v) is 2.33. The van der Waals surface area contributed by atoms with E-state index in [1.54, 1.807) is 12.1 Å². The van der Waals surface area contributed by atoms with E-state index >= 15 is 0 Å². The first-order chi connectivity index (χ1) is 9.19. The Kier molecular flexibility index (Phi) is 4.35. The third-order valence-electron chi connectivity index (χ3n) is 3.48. The van der Waals surface area contributed by atoms with E-state index in [4.69, 9.17) is 5.26 Å². The maximum absolute atomic E-state index is 11.9. The van der Waals surface area contributed by atoms with Crippen LogP contribution in [0.15, 0.2) is 36.4 Å². The molecule has 0 fully saturated rings. The van der Waals surface area contributed by atoms with Crippen LogP contribution in [0.1, 0.15) is 43.4 Å². The summed E-state index contributed by atoms with van der Waals surface area (Å²) in [6.45, 7) is 1.96. The van der Waals surface area contributed by atoms with E-state index in [0.717, 1.165) is 18.4 Å². The Hall–Kier alpha value is -2.08. The van der Waals surface area contributed by atoms with Gasteiger partial charge in [-0.1, -0.05) is 24.3 Å². The summed E-state index contributed by atoms with van der Waals surface area (Å²) in [5, 5.41) is 11.8. The summed E-state index contributed by atoms with van der Waals surface area (Å²) in [7, 11) is 0. The van der Waals surface area contributed by atoms with Gasteiger partial charge in [0.05, 0.1) is 17.7 Å². The van der Waals surface area contributed by atoms with Crippen molar-refractivity contribution in [2.75, 3.05) is 0 Å². The number of nitriles is 1. The predicted octanol–water partition coefficient (Wildman–Crippen LogP) is 3.09. The Bertz CT molecular complexity index is 511. The van der Waals surface area contributed by atoms with Gasteiger partial charge in [0.1, 0.15) is 0 Å². The van der Waals surface area contributed by atoms with E-state index in [9.17, 15) is 4.79 Å². The molecule has 1 N–H and O–H groups in total. The SMILES string of the molecule is CC(NC(=O)CC1C=CCC1)c1ccc(C#N)cc1. The lowest BCUT2D eigenvalue weighted by Crippen LogP contribution is -2.27. The summed E-state index contributed by atoms with van der Waals surface area (Å²) in [4.78, 5) is 11.9. The van der Waals surface area contributed by atoms with Crippen molar-refractivity contribution in [2.45, 2.75) is 32.2 Å². The first kappa shape index (κ1) is 13.4. The molecule has 19 heavy (non-hydrogen) atoms.